The van der Waals surface area contributed by atoms with Crippen LogP contribution in [0.25, 0.3) is 0 Å². The van der Waals surface area contributed by atoms with Crippen molar-refractivity contribution in [3.8, 4) is 0 Å². The molecule has 0 spiro atoms. The predicted molar refractivity (Wildman–Crippen MR) is 91.0 cm³/mol. The smallest absolute Gasteiger partial charge is 0.244 e. The van der Waals surface area contributed by atoms with Crippen molar-refractivity contribution in [3.05, 3.63) is 58.9 Å². The maximum atomic E-state index is 13.1. The van der Waals surface area contributed by atoms with Crippen molar-refractivity contribution in [1.82, 2.24) is 4.31 Å². The second-order valence-electron chi connectivity index (χ2n) is 5.25. The van der Waals surface area contributed by atoms with E-state index in [1.54, 1.807) is 13.0 Å². The summed E-state index contributed by atoms with van der Waals surface area (Å²) in [7, 11) is -2.64. The van der Waals surface area contributed by atoms with Crippen molar-refractivity contribution in [2.24, 2.45) is 0 Å². The van der Waals surface area contributed by atoms with E-state index in [2.05, 4.69) is 5.32 Å². The lowest BCUT2D eigenvalue weighted by Gasteiger charge is -2.18. The van der Waals surface area contributed by atoms with Gasteiger partial charge in [-0.3, -0.25) is 4.79 Å². The maximum absolute atomic E-state index is 13.1. The topological polar surface area (TPSA) is 66.5 Å². The molecule has 8 heteroatoms. The number of carbonyl (C=O) groups is 1. The van der Waals surface area contributed by atoms with Crippen LogP contribution >= 0.6 is 11.6 Å². The molecule has 2 aromatic carbocycles. The molecule has 0 aliphatic carbocycles. The molecule has 0 fully saturated rings. The zero-order valence-electron chi connectivity index (χ0n) is 13.1. The Morgan fingerprint density at radius 3 is 2.58 bits per heavy atom. The molecule has 2 aromatic rings. The van der Waals surface area contributed by atoms with Crippen LogP contribution in [0.2, 0.25) is 5.02 Å². The summed E-state index contributed by atoms with van der Waals surface area (Å²) in [6, 6.07) is 9.89. The molecular formula is C16H16ClFN2O3S. The highest BCUT2D eigenvalue weighted by molar-refractivity contribution is 7.89. The van der Waals surface area contributed by atoms with Crippen molar-refractivity contribution in [2.75, 3.05) is 18.9 Å². The van der Waals surface area contributed by atoms with Gasteiger partial charge < -0.3 is 5.32 Å². The molecule has 24 heavy (non-hydrogen) atoms. The first kappa shape index (κ1) is 18.4. The number of halogens is 2. The normalized spacial score (nSPS) is 11.5. The summed E-state index contributed by atoms with van der Waals surface area (Å²) < 4.78 is 39.0. The zero-order valence-corrected chi connectivity index (χ0v) is 14.7. The van der Waals surface area contributed by atoms with Crippen LogP contribution in [0, 0.1) is 12.7 Å². The Balaban J connectivity index is 2.12. The van der Waals surface area contributed by atoms with Gasteiger partial charge in [-0.15, -0.1) is 0 Å². The van der Waals surface area contributed by atoms with Crippen LogP contribution in [-0.2, 0) is 14.8 Å². The van der Waals surface area contributed by atoms with E-state index in [-0.39, 0.29) is 15.6 Å². The molecule has 0 aromatic heterocycles. The zero-order chi connectivity index (χ0) is 17.9. The highest BCUT2D eigenvalue weighted by Gasteiger charge is 2.25. The van der Waals surface area contributed by atoms with E-state index in [0.29, 0.717) is 0 Å². The van der Waals surface area contributed by atoms with Gasteiger partial charge in [-0.1, -0.05) is 23.7 Å². The van der Waals surface area contributed by atoms with Gasteiger partial charge in [-0.05, 0) is 42.8 Å². The third-order valence-electron chi connectivity index (χ3n) is 3.25. The van der Waals surface area contributed by atoms with Crippen LogP contribution < -0.4 is 5.32 Å². The SMILES string of the molecule is Cc1ccc(S(=O)(=O)N(C)CC(=O)Nc2cccc(F)c2)c(Cl)c1. The fourth-order valence-electron chi connectivity index (χ4n) is 2.04. The summed E-state index contributed by atoms with van der Waals surface area (Å²) in [6.07, 6.45) is 0. The van der Waals surface area contributed by atoms with Gasteiger partial charge in [0.15, 0.2) is 0 Å². The lowest BCUT2D eigenvalue weighted by molar-refractivity contribution is -0.116. The van der Waals surface area contributed by atoms with E-state index < -0.39 is 28.3 Å². The minimum absolute atomic E-state index is 0.0733. The average molecular weight is 371 g/mol. The Bertz CT molecular complexity index is 871. The molecule has 0 aliphatic rings. The lowest BCUT2D eigenvalue weighted by Crippen LogP contribution is -2.35. The van der Waals surface area contributed by atoms with E-state index in [0.717, 1.165) is 15.9 Å². The van der Waals surface area contributed by atoms with Crippen LogP contribution in [0.4, 0.5) is 10.1 Å². The second kappa shape index (κ2) is 7.29. The van der Waals surface area contributed by atoms with Crippen molar-refractivity contribution < 1.29 is 17.6 Å². The number of carbonyl (C=O) groups excluding carboxylic acids is 1. The van der Waals surface area contributed by atoms with E-state index >= 15 is 0 Å². The fraction of sp³-hybridized carbons (Fsp3) is 0.188. The van der Waals surface area contributed by atoms with Crippen molar-refractivity contribution in [2.45, 2.75) is 11.8 Å². The molecule has 128 valence electrons. The number of rotatable bonds is 5. The third kappa shape index (κ3) is 4.31. The van der Waals surface area contributed by atoms with Gasteiger partial charge in [-0.25, -0.2) is 12.8 Å². The molecule has 0 atom stereocenters. The summed E-state index contributed by atoms with van der Waals surface area (Å²) in [5.74, 6) is -1.09. The minimum Gasteiger partial charge on any atom is -0.325 e. The van der Waals surface area contributed by atoms with Crippen LogP contribution in [0.15, 0.2) is 47.4 Å². The number of anilines is 1. The van der Waals surface area contributed by atoms with E-state index in [1.165, 1.54) is 37.4 Å². The van der Waals surface area contributed by atoms with Gasteiger partial charge in [-0.2, -0.15) is 4.31 Å². The average Bonchev–Trinajstić information content (AvgIpc) is 2.46. The van der Waals surface area contributed by atoms with Gasteiger partial charge in [0.25, 0.3) is 0 Å². The van der Waals surface area contributed by atoms with Crippen molar-refractivity contribution in [3.63, 3.8) is 0 Å². The Labute approximate surface area is 145 Å². The minimum atomic E-state index is -3.92. The Morgan fingerprint density at radius 1 is 1.25 bits per heavy atom. The summed E-state index contributed by atoms with van der Waals surface area (Å²) in [6.45, 7) is 1.36. The maximum Gasteiger partial charge on any atom is 0.244 e. The summed E-state index contributed by atoms with van der Waals surface area (Å²) >= 11 is 5.99. The predicted octanol–water partition coefficient (Wildman–Crippen LogP) is 3.05. The molecule has 0 radical (unpaired) electrons. The molecule has 1 N–H and O–H groups in total. The number of aryl methyl sites for hydroxylation is 1. The molecule has 0 bridgehead atoms. The van der Waals surface area contributed by atoms with E-state index in [4.69, 9.17) is 11.6 Å². The number of hydrogen-bond donors (Lipinski definition) is 1. The Kier molecular flexibility index (Phi) is 5.58. The van der Waals surface area contributed by atoms with Crippen LogP contribution in [0.5, 0.6) is 0 Å². The Hall–Kier alpha value is -1.96. The monoisotopic (exact) mass is 370 g/mol. The van der Waals surface area contributed by atoms with Crippen LogP contribution in [0.1, 0.15) is 5.56 Å². The van der Waals surface area contributed by atoms with Crippen molar-refractivity contribution >= 4 is 33.2 Å². The fourth-order valence-corrected chi connectivity index (χ4v) is 3.73. The van der Waals surface area contributed by atoms with Crippen molar-refractivity contribution in [1.29, 1.82) is 0 Å². The largest absolute Gasteiger partial charge is 0.325 e. The van der Waals surface area contributed by atoms with Crippen LogP contribution in [-0.4, -0.2) is 32.2 Å². The van der Waals surface area contributed by atoms with Gasteiger partial charge in [0.2, 0.25) is 15.9 Å². The molecule has 0 heterocycles. The number of likely N-dealkylation sites (N-methyl/N-ethyl adjacent to an activating group) is 1. The quantitative estimate of drug-likeness (QED) is 0.879. The van der Waals surface area contributed by atoms with E-state index in [9.17, 15) is 17.6 Å². The van der Waals surface area contributed by atoms with Crippen LogP contribution in [0.3, 0.4) is 0 Å². The number of benzene rings is 2. The third-order valence-corrected chi connectivity index (χ3v) is 5.54. The van der Waals surface area contributed by atoms with Gasteiger partial charge >= 0.3 is 0 Å². The number of sulfonamides is 1. The molecule has 2 rings (SSSR count). The molecule has 5 nitrogen and oxygen atoms in total. The first-order chi connectivity index (χ1) is 11.2. The molecular weight excluding hydrogens is 355 g/mol. The summed E-state index contributed by atoms with van der Waals surface area (Å²) in [4.78, 5) is 11.9. The molecule has 1 amide bonds. The highest BCUT2D eigenvalue weighted by Crippen LogP contribution is 2.25. The highest BCUT2D eigenvalue weighted by atomic mass is 35.5. The first-order valence-corrected chi connectivity index (χ1v) is 8.80. The first-order valence-electron chi connectivity index (χ1n) is 6.98. The van der Waals surface area contributed by atoms with Gasteiger partial charge in [0.1, 0.15) is 10.7 Å². The number of nitrogens with zero attached hydrogens (tertiary/aromatic N) is 1. The lowest BCUT2D eigenvalue weighted by atomic mass is 10.2. The molecule has 0 saturated carbocycles. The summed E-state index contributed by atoms with van der Waals surface area (Å²) in [5, 5.41) is 2.53. The second-order valence-corrected chi connectivity index (χ2v) is 7.67. The molecule has 0 saturated heterocycles. The van der Waals surface area contributed by atoms with E-state index in [1.807, 2.05) is 0 Å². The Morgan fingerprint density at radius 2 is 1.96 bits per heavy atom. The number of hydrogen-bond acceptors (Lipinski definition) is 3. The summed E-state index contributed by atoms with van der Waals surface area (Å²) in [5.41, 5.74) is 1.07. The number of amides is 1. The molecule has 0 aliphatic heterocycles. The standard InChI is InChI=1S/C16H16ClFN2O3S/c1-11-6-7-15(14(17)8-11)24(22,23)20(2)10-16(21)19-13-5-3-4-12(18)9-13/h3-9H,10H2,1-2H3,(H,19,21). The van der Waals surface area contributed by atoms with Gasteiger partial charge in [0.05, 0.1) is 11.6 Å². The van der Waals surface area contributed by atoms with Gasteiger partial charge in [0, 0.05) is 12.7 Å². The molecule has 0 unspecified atom stereocenters. The number of nitrogens with one attached hydrogen (secondary N) is 1.